The molecule has 1 rings (SSSR count). The van der Waals surface area contributed by atoms with E-state index in [2.05, 4.69) is 0 Å². The van der Waals surface area contributed by atoms with Gasteiger partial charge in [-0.3, -0.25) is 4.79 Å². The lowest BCUT2D eigenvalue weighted by Crippen LogP contribution is -2.79. The Balaban J connectivity index is 2.65. The zero-order chi connectivity index (χ0) is 14.5. The van der Waals surface area contributed by atoms with Crippen LogP contribution >= 0.6 is 0 Å². The van der Waals surface area contributed by atoms with Gasteiger partial charge in [0.2, 0.25) is 5.78 Å². The molecule has 0 aromatic heterocycles. The van der Waals surface area contributed by atoms with E-state index in [1.54, 1.807) is 38.0 Å². The minimum atomic E-state index is -1.36. The molecule has 0 spiro atoms. The number of nitrogens with zero attached hydrogens (tertiary/aromatic N) is 1. The first kappa shape index (κ1) is 15.0. The van der Waals surface area contributed by atoms with Crippen molar-refractivity contribution >= 4 is 11.8 Å². The van der Waals surface area contributed by atoms with E-state index in [-0.39, 0.29) is 6.61 Å². The minimum Gasteiger partial charge on any atom is -0.507 e. The van der Waals surface area contributed by atoms with E-state index < -0.39 is 23.2 Å². The molecule has 0 aliphatic rings. The summed E-state index contributed by atoms with van der Waals surface area (Å²) in [5, 5.41) is 1.72. The fraction of sp³-hybridized carbons (Fsp3) is 0.429. The van der Waals surface area contributed by atoms with E-state index >= 15 is 0 Å². The topological polar surface area (TPSA) is 79.6 Å². The molecule has 0 aliphatic heterocycles. The number of ketones is 1. The number of carbonyl (C=O) groups excluding carboxylic acids is 2. The molecule has 0 radical (unpaired) electrons. The zero-order valence-electron chi connectivity index (χ0n) is 11.3. The predicted molar refractivity (Wildman–Crippen MR) is 68.8 cm³/mol. The Kier molecular flexibility index (Phi) is 4.92. The highest BCUT2D eigenvalue weighted by molar-refractivity contribution is 6.03. The second-order valence-electron chi connectivity index (χ2n) is 5.27. The SMILES string of the molecule is CC(C)(C)C(=O)C([NH+]=[N-])C(=O)OCc1ccccc1. The Morgan fingerprint density at radius 3 is 2.32 bits per heavy atom. The van der Waals surface area contributed by atoms with Crippen LogP contribution in [0.25, 0.3) is 5.53 Å². The van der Waals surface area contributed by atoms with Crippen molar-refractivity contribution in [3.63, 3.8) is 0 Å². The second-order valence-corrected chi connectivity index (χ2v) is 5.27. The van der Waals surface area contributed by atoms with Crippen molar-refractivity contribution in [1.82, 2.24) is 0 Å². The number of hydrogen-bond acceptors (Lipinski definition) is 3. The van der Waals surface area contributed by atoms with Gasteiger partial charge >= 0.3 is 5.97 Å². The zero-order valence-corrected chi connectivity index (χ0v) is 11.3. The highest BCUT2D eigenvalue weighted by Crippen LogP contribution is 2.16. The summed E-state index contributed by atoms with van der Waals surface area (Å²) in [5.41, 5.74) is 9.03. The Morgan fingerprint density at radius 2 is 1.84 bits per heavy atom. The number of esters is 1. The summed E-state index contributed by atoms with van der Waals surface area (Å²) in [6.45, 7) is 5.08. The van der Waals surface area contributed by atoms with Gasteiger partial charge in [0.15, 0.2) is 0 Å². The van der Waals surface area contributed by atoms with Crippen LogP contribution in [-0.4, -0.2) is 17.8 Å². The van der Waals surface area contributed by atoms with Crippen molar-refractivity contribution in [2.24, 2.45) is 5.41 Å². The maximum atomic E-state index is 11.9. The highest BCUT2D eigenvalue weighted by atomic mass is 16.5. The molecule has 1 unspecified atom stereocenters. The van der Waals surface area contributed by atoms with Crippen LogP contribution in [0.15, 0.2) is 30.3 Å². The standard InChI is InChI=1S/C14H18N2O3/c1-14(2,3)12(17)11(16-15)13(18)19-9-10-7-5-4-6-8-10/h4-8,11,16H,9H2,1-3H3. The van der Waals surface area contributed by atoms with Gasteiger partial charge in [0.25, 0.3) is 6.04 Å². The van der Waals surface area contributed by atoms with Crippen LogP contribution in [0.5, 0.6) is 0 Å². The van der Waals surface area contributed by atoms with Crippen LogP contribution in [-0.2, 0) is 20.9 Å². The van der Waals surface area contributed by atoms with Crippen LogP contribution in [0.3, 0.4) is 0 Å². The molecule has 102 valence electrons. The summed E-state index contributed by atoms with van der Waals surface area (Å²) in [6, 6.07) is 7.76. The van der Waals surface area contributed by atoms with Gasteiger partial charge in [0.1, 0.15) is 6.61 Å². The van der Waals surface area contributed by atoms with E-state index in [0.717, 1.165) is 5.56 Å². The number of ether oxygens (including phenoxy) is 1. The summed E-state index contributed by atoms with van der Waals surface area (Å²) in [5.74, 6) is -1.21. The Labute approximate surface area is 112 Å². The van der Waals surface area contributed by atoms with E-state index in [0.29, 0.717) is 0 Å². The smallest absolute Gasteiger partial charge is 0.383 e. The number of Topliss-reactive ketones (excluding diaryl/α,β-unsaturated/α-hetero) is 1. The second kappa shape index (κ2) is 6.22. The van der Waals surface area contributed by atoms with Crippen molar-refractivity contribution in [1.29, 1.82) is 0 Å². The van der Waals surface area contributed by atoms with Crippen molar-refractivity contribution in [2.75, 3.05) is 0 Å². The first-order chi connectivity index (χ1) is 8.86. The summed E-state index contributed by atoms with van der Waals surface area (Å²) in [7, 11) is 0. The number of hydrogen-bond donors (Lipinski definition) is 1. The maximum absolute atomic E-state index is 11.9. The molecular formula is C14H18N2O3. The molecule has 5 heteroatoms. The highest BCUT2D eigenvalue weighted by Gasteiger charge is 2.38. The van der Waals surface area contributed by atoms with Gasteiger partial charge in [-0.2, -0.15) is 0 Å². The van der Waals surface area contributed by atoms with Gasteiger partial charge in [-0.05, 0) is 5.56 Å². The van der Waals surface area contributed by atoms with Gasteiger partial charge < -0.3 is 15.4 Å². The van der Waals surface area contributed by atoms with Crippen molar-refractivity contribution < 1.29 is 19.4 Å². The van der Waals surface area contributed by atoms with E-state index in [4.69, 9.17) is 10.3 Å². The molecule has 19 heavy (non-hydrogen) atoms. The van der Waals surface area contributed by atoms with Crippen molar-refractivity contribution in [3.05, 3.63) is 41.4 Å². The number of nitrogens with one attached hydrogen (secondary N) is 1. The molecule has 0 heterocycles. The number of rotatable bonds is 5. The Bertz CT molecular complexity index is 463. The molecule has 0 fully saturated rings. The van der Waals surface area contributed by atoms with Crippen molar-refractivity contribution in [2.45, 2.75) is 33.4 Å². The van der Waals surface area contributed by atoms with Gasteiger partial charge in [-0.15, -0.1) is 0 Å². The minimum absolute atomic E-state index is 0.0648. The molecule has 0 aliphatic carbocycles. The van der Waals surface area contributed by atoms with E-state index in [1.165, 1.54) is 0 Å². The van der Waals surface area contributed by atoms with Gasteiger partial charge in [-0.25, -0.2) is 4.79 Å². The average molecular weight is 262 g/mol. The summed E-state index contributed by atoms with van der Waals surface area (Å²) in [6.07, 6.45) is 0. The van der Waals surface area contributed by atoms with Crippen LogP contribution in [0.2, 0.25) is 0 Å². The third-order valence-electron chi connectivity index (χ3n) is 2.59. The lowest BCUT2D eigenvalue weighted by Gasteiger charge is -2.18. The molecule has 0 bridgehead atoms. The molecule has 0 saturated carbocycles. The van der Waals surface area contributed by atoms with Crippen LogP contribution in [0.4, 0.5) is 0 Å². The van der Waals surface area contributed by atoms with Crippen molar-refractivity contribution in [3.8, 4) is 0 Å². The fourth-order valence-electron chi connectivity index (χ4n) is 1.46. The lowest BCUT2D eigenvalue weighted by molar-refractivity contribution is -0.499. The lowest BCUT2D eigenvalue weighted by atomic mass is 9.87. The summed E-state index contributed by atoms with van der Waals surface area (Å²) < 4.78 is 5.02. The average Bonchev–Trinajstić information content (AvgIpc) is 2.37. The molecule has 1 aromatic carbocycles. The molecule has 1 aromatic rings. The summed E-state index contributed by atoms with van der Waals surface area (Å²) >= 11 is 0. The first-order valence-corrected chi connectivity index (χ1v) is 6.00. The molecule has 1 N–H and O–H groups in total. The van der Waals surface area contributed by atoms with Crippen LogP contribution < -0.4 is 5.11 Å². The fourth-order valence-corrected chi connectivity index (χ4v) is 1.46. The van der Waals surface area contributed by atoms with Gasteiger partial charge in [0.05, 0.1) is 0 Å². The van der Waals surface area contributed by atoms with Crippen LogP contribution in [0, 0.1) is 5.41 Å². The normalized spacial score (nSPS) is 12.6. The maximum Gasteiger partial charge on any atom is 0.383 e. The van der Waals surface area contributed by atoms with E-state index in [9.17, 15) is 9.59 Å². The molecule has 1 atom stereocenters. The monoisotopic (exact) mass is 262 g/mol. The number of carbonyl (C=O) groups is 2. The number of benzene rings is 1. The molecular weight excluding hydrogens is 244 g/mol. The summed E-state index contributed by atoms with van der Waals surface area (Å²) in [4.78, 5) is 23.7. The molecule has 0 saturated heterocycles. The first-order valence-electron chi connectivity index (χ1n) is 6.00. The molecule has 0 amide bonds. The Hall–Kier alpha value is -2.04. The third-order valence-corrected chi connectivity index (χ3v) is 2.59. The predicted octanol–water partition coefficient (Wildman–Crippen LogP) is 0.816. The quantitative estimate of drug-likeness (QED) is 0.484. The van der Waals surface area contributed by atoms with E-state index in [1.807, 2.05) is 18.2 Å². The third kappa shape index (κ3) is 4.28. The molecule has 5 nitrogen and oxygen atoms in total. The van der Waals surface area contributed by atoms with Gasteiger partial charge in [0, 0.05) is 5.41 Å². The largest absolute Gasteiger partial charge is 0.507 e. The van der Waals surface area contributed by atoms with Gasteiger partial charge in [-0.1, -0.05) is 51.1 Å². The Morgan fingerprint density at radius 1 is 1.26 bits per heavy atom. The van der Waals surface area contributed by atoms with Crippen LogP contribution in [0.1, 0.15) is 26.3 Å².